The third-order valence-corrected chi connectivity index (χ3v) is 7.71. The third kappa shape index (κ3) is 4.18. The van der Waals surface area contributed by atoms with Gasteiger partial charge in [-0.05, 0) is 61.2 Å². The highest BCUT2D eigenvalue weighted by Crippen LogP contribution is 2.32. The van der Waals surface area contributed by atoms with Crippen LogP contribution in [0.3, 0.4) is 0 Å². The molecule has 0 fully saturated rings. The molecule has 1 heterocycles. The maximum absolute atomic E-state index is 13.6. The van der Waals surface area contributed by atoms with Crippen LogP contribution in [0, 0.1) is 6.92 Å². The van der Waals surface area contributed by atoms with Gasteiger partial charge in [-0.3, -0.25) is 9.10 Å². The van der Waals surface area contributed by atoms with Crippen molar-refractivity contribution in [3.8, 4) is 0 Å². The number of carbonyl (C=O) groups excluding carboxylic acids is 1. The average Bonchev–Trinajstić information content (AvgIpc) is 2.79. The number of aryl methyl sites for hydroxylation is 1. The Bertz CT molecular complexity index is 1210. The molecule has 7 heteroatoms. The average molecular weight is 455 g/mol. The topological polar surface area (TPSA) is 57.7 Å². The largest absolute Gasteiger partial charge is 0.311 e. The van der Waals surface area contributed by atoms with E-state index in [1.54, 1.807) is 48.2 Å². The second kappa shape index (κ2) is 8.73. The molecule has 3 aromatic rings. The fourth-order valence-corrected chi connectivity index (χ4v) is 5.55. The van der Waals surface area contributed by atoms with Crippen LogP contribution in [-0.2, 0) is 21.2 Å². The van der Waals surface area contributed by atoms with Crippen molar-refractivity contribution >= 4 is 38.9 Å². The normalized spacial score (nSPS) is 13.5. The standard InChI is InChI=1S/C24H23ClN2O3S/c1-18-21(25)13-7-15-22(18)27(31(29,30)20-11-3-2-4-12-20)17-24(28)26-16-8-10-19-9-5-6-14-23(19)26/h2-7,9,11-15H,8,10,16-17H2,1H3. The summed E-state index contributed by atoms with van der Waals surface area (Å²) >= 11 is 6.29. The number of rotatable bonds is 5. The highest BCUT2D eigenvalue weighted by atomic mass is 35.5. The molecule has 0 spiro atoms. The van der Waals surface area contributed by atoms with E-state index in [2.05, 4.69) is 0 Å². The van der Waals surface area contributed by atoms with Crippen molar-refractivity contribution in [1.29, 1.82) is 0 Å². The number of amides is 1. The Kier molecular flexibility index (Phi) is 6.03. The first kappa shape index (κ1) is 21.4. The molecule has 0 atom stereocenters. The summed E-state index contributed by atoms with van der Waals surface area (Å²) < 4.78 is 28.3. The van der Waals surface area contributed by atoms with Crippen molar-refractivity contribution in [3.63, 3.8) is 0 Å². The lowest BCUT2D eigenvalue weighted by Gasteiger charge is -2.32. The number of anilines is 2. The Morgan fingerprint density at radius 2 is 1.71 bits per heavy atom. The molecule has 0 bridgehead atoms. The van der Waals surface area contributed by atoms with Crippen LogP contribution in [0.2, 0.25) is 5.02 Å². The first-order valence-electron chi connectivity index (χ1n) is 10.1. The van der Waals surface area contributed by atoms with E-state index in [4.69, 9.17) is 11.6 Å². The van der Waals surface area contributed by atoms with Gasteiger partial charge in [0.05, 0.1) is 10.6 Å². The highest BCUT2D eigenvalue weighted by Gasteiger charge is 2.31. The number of benzene rings is 3. The molecule has 0 N–H and O–H groups in total. The van der Waals surface area contributed by atoms with Crippen LogP contribution in [0.4, 0.5) is 11.4 Å². The molecule has 5 nitrogen and oxygen atoms in total. The number of nitrogens with zero attached hydrogens (tertiary/aromatic N) is 2. The molecule has 1 aliphatic rings. The van der Waals surface area contributed by atoms with Gasteiger partial charge < -0.3 is 4.90 Å². The minimum Gasteiger partial charge on any atom is -0.311 e. The lowest BCUT2D eigenvalue weighted by Crippen LogP contribution is -2.45. The Morgan fingerprint density at radius 3 is 2.48 bits per heavy atom. The number of hydrogen-bond donors (Lipinski definition) is 0. The predicted molar refractivity (Wildman–Crippen MR) is 124 cm³/mol. The van der Waals surface area contributed by atoms with Gasteiger partial charge in [0, 0.05) is 17.3 Å². The Morgan fingerprint density at radius 1 is 1.00 bits per heavy atom. The molecule has 0 radical (unpaired) electrons. The molecule has 0 saturated carbocycles. The third-order valence-electron chi connectivity index (χ3n) is 5.53. The van der Waals surface area contributed by atoms with Crippen LogP contribution in [0.5, 0.6) is 0 Å². The van der Waals surface area contributed by atoms with Crippen LogP contribution in [0.25, 0.3) is 0 Å². The van der Waals surface area contributed by atoms with E-state index in [0.29, 0.717) is 22.8 Å². The van der Waals surface area contributed by atoms with Crippen LogP contribution >= 0.6 is 11.6 Å². The van der Waals surface area contributed by atoms with Crippen molar-refractivity contribution in [2.45, 2.75) is 24.7 Å². The Balaban J connectivity index is 1.76. The van der Waals surface area contributed by atoms with E-state index in [1.807, 2.05) is 24.3 Å². The highest BCUT2D eigenvalue weighted by molar-refractivity contribution is 7.92. The molecular formula is C24H23ClN2O3S. The van der Waals surface area contributed by atoms with E-state index >= 15 is 0 Å². The van der Waals surface area contributed by atoms with Gasteiger partial charge in [0.1, 0.15) is 6.54 Å². The van der Waals surface area contributed by atoms with Gasteiger partial charge in [-0.1, -0.05) is 54.1 Å². The maximum Gasteiger partial charge on any atom is 0.264 e. The monoisotopic (exact) mass is 454 g/mol. The predicted octanol–water partition coefficient (Wildman–Crippen LogP) is 4.82. The zero-order valence-electron chi connectivity index (χ0n) is 17.2. The number of fused-ring (bicyclic) bond motifs is 1. The minimum atomic E-state index is -3.98. The number of para-hydroxylation sites is 1. The summed E-state index contributed by atoms with van der Waals surface area (Å²) in [5.41, 5.74) is 2.95. The lowest BCUT2D eigenvalue weighted by atomic mass is 10.0. The van der Waals surface area contributed by atoms with E-state index in [0.717, 1.165) is 24.1 Å². The summed E-state index contributed by atoms with van der Waals surface area (Å²) in [4.78, 5) is 15.2. The van der Waals surface area contributed by atoms with Gasteiger partial charge in [0.2, 0.25) is 5.91 Å². The van der Waals surface area contributed by atoms with Gasteiger partial charge in [-0.2, -0.15) is 0 Å². The number of halogens is 1. The molecule has 0 saturated heterocycles. The molecule has 160 valence electrons. The molecule has 0 aromatic heterocycles. The van der Waals surface area contributed by atoms with Gasteiger partial charge >= 0.3 is 0 Å². The first-order valence-corrected chi connectivity index (χ1v) is 11.9. The van der Waals surface area contributed by atoms with Gasteiger partial charge in [0.15, 0.2) is 0 Å². The summed E-state index contributed by atoms with van der Waals surface area (Å²) in [6.07, 6.45) is 1.74. The van der Waals surface area contributed by atoms with Crippen molar-refractivity contribution in [2.75, 3.05) is 22.3 Å². The van der Waals surface area contributed by atoms with E-state index in [9.17, 15) is 13.2 Å². The summed E-state index contributed by atoms with van der Waals surface area (Å²) in [7, 11) is -3.98. The summed E-state index contributed by atoms with van der Waals surface area (Å²) in [5, 5.41) is 0.446. The van der Waals surface area contributed by atoms with Crippen LogP contribution < -0.4 is 9.21 Å². The van der Waals surface area contributed by atoms with Gasteiger partial charge in [-0.15, -0.1) is 0 Å². The Labute approximate surface area is 187 Å². The van der Waals surface area contributed by atoms with E-state index < -0.39 is 10.0 Å². The second-order valence-electron chi connectivity index (χ2n) is 7.49. The quantitative estimate of drug-likeness (QED) is 0.555. The summed E-state index contributed by atoms with van der Waals surface area (Å²) in [6, 6.07) is 21.0. The first-order chi connectivity index (χ1) is 14.9. The van der Waals surface area contributed by atoms with Crippen molar-refractivity contribution < 1.29 is 13.2 Å². The van der Waals surface area contributed by atoms with Crippen LogP contribution in [-0.4, -0.2) is 27.4 Å². The van der Waals surface area contributed by atoms with Gasteiger partial charge in [0.25, 0.3) is 10.0 Å². The zero-order valence-corrected chi connectivity index (χ0v) is 18.7. The van der Waals surface area contributed by atoms with Crippen molar-refractivity contribution in [1.82, 2.24) is 0 Å². The molecular weight excluding hydrogens is 432 g/mol. The fraction of sp³-hybridized carbons (Fsp3) is 0.208. The van der Waals surface area contributed by atoms with Gasteiger partial charge in [-0.25, -0.2) is 8.42 Å². The van der Waals surface area contributed by atoms with Crippen molar-refractivity contribution in [2.24, 2.45) is 0 Å². The molecule has 1 amide bonds. The van der Waals surface area contributed by atoms with Crippen LogP contribution in [0.1, 0.15) is 17.5 Å². The fourth-order valence-electron chi connectivity index (χ4n) is 3.89. The van der Waals surface area contributed by atoms with Crippen LogP contribution in [0.15, 0.2) is 77.7 Å². The van der Waals surface area contributed by atoms with E-state index in [1.165, 1.54) is 16.4 Å². The summed E-state index contributed by atoms with van der Waals surface area (Å²) in [6.45, 7) is 2.00. The molecule has 0 aliphatic carbocycles. The second-order valence-corrected chi connectivity index (χ2v) is 9.76. The van der Waals surface area contributed by atoms with Crippen molar-refractivity contribution in [3.05, 3.63) is 88.9 Å². The summed E-state index contributed by atoms with van der Waals surface area (Å²) in [5.74, 6) is -0.272. The molecule has 1 aliphatic heterocycles. The number of hydrogen-bond acceptors (Lipinski definition) is 3. The smallest absolute Gasteiger partial charge is 0.264 e. The molecule has 4 rings (SSSR count). The minimum absolute atomic E-state index is 0.126. The lowest BCUT2D eigenvalue weighted by molar-refractivity contribution is -0.117. The SMILES string of the molecule is Cc1c(Cl)cccc1N(CC(=O)N1CCCc2ccccc21)S(=O)(=O)c1ccccc1. The number of sulfonamides is 1. The molecule has 3 aromatic carbocycles. The number of carbonyl (C=O) groups is 1. The molecule has 31 heavy (non-hydrogen) atoms. The zero-order chi connectivity index (χ0) is 22.0. The Hall–Kier alpha value is -2.83. The van der Waals surface area contributed by atoms with E-state index in [-0.39, 0.29) is 17.3 Å². The maximum atomic E-state index is 13.6. The molecule has 0 unspecified atom stereocenters.